The van der Waals surface area contributed by atoms with Crippen molar-refractivity contribution in [1.82, 2.24) is 4.90 Å². The van der Waals surface area contributed by atoms with Crippen LogP contribution in [0.5, 0.6) is 0 Å². The molecule has 0 spiro atoms. The van der Waals surface area contributed by atoms with Gasteiger partial charge < -0.3 is 15.0 Å². The maximum absolute atomic E-state index is 13.4. The molecule has 0 saturated heterocycles. The Hall–Kier alpha value is -1.79. The van der Waals surface area contributed by atoms with Crippen molar-refractivity contribution >= 4 is 46.7 Å². The summed E-state index contributed by atoms with van der Waals surface area (Å²) in [4.78, 5) is 40.2. The number of hydrogen-bond donors (Lipinski definition) is 1. The largest absolute Gasteiger partial charge is 0.466 e. The van der Waals surface area contributed by atoms with Crippen LogP contribution < -0.4 is 5.32 Å². The normalized spacial score (nSPS) is 11.7. The zero-order valence-electron chi connectivity index (χ0n) is 19.4. The van der Waals surface area contributed by atoms with Gasteiger partial charge in [0.1, 0.15) is 5.92 Å². The van der Waals surface area contributed by atoms with E-state index in [0.29, 0.717) is 28.8 Å². The molecule has 1 aromatic rings. The first-order valence-corrected chi connectivity index (χ1v) is 12.3. The van der Waals surface area contributed by atoms with Gasteiger partial charge in [-0.1, -0.05) is 62.7 Å². The number of nitrogens with zero attached hydrogens (tertiary/aromatic N) is 1. The van der Waals surface area contributed by atoms with E-state index in [9.17, 15) is 14.4 Å². The van der Waals surface area contributed by atoms with Crippen molar-refractivity contribution in [3.8, 4) is 0 Å². The van der Waals surface area contributed by atoms with E-state index in [2.05, 4.69) is 19.2 Å². The number of ether oxygens (including phenoxy) is 1. The van der Waals surface area contributed by atoms with Crippen molar-refractivity contribution in [3.63, 3.8) is 0 Å². The van der Waals surface area contributed by atoms with Gasteiger partial charge in [0, 0.05) is 25.2 Å². The molecule has 0 heterocycles. The van der Waals surface area contributed by atoms with Crippen molar-refractivity contribution < 1.29 is 19.1 Å². The molecule has 2 amide bonds. The minimum Gasteiger partial charge on any atom is -0.466 e. The fraction of sp³-hybridized carbons (Fsp3) is 0.625. The number of nitrogens with one attached hydrogen (secondary N) is 1. The topological polar surface area (TPSA) is 75.7 Å². The summed E-state index contributed by atoms with van der Waals surface area (Å²) in [5, 5.41) is 3.43. The molecule has 1 rings (SSSR count). The highest BCUT2D eigenvalue weighted by atomic mass is 35.5. The second kappa shape index (κ2) is 15.9. The Morgan fingerprint density at radius 2 is 1.59 bits per heavy atom. The molecule has 1 N–H and O–H groups in total. The Labute approximate surface area is 202 Å². The third-order valence-electron chi connectivity index (χ3n) is 5.12. The third-order valence-corrected chi connectivity index (χ3v) is 5.86. The first-order chi connectivity index (χ1) is 15.3. The van der Waals surface area contributed by atoms with Gasteiger partial charge in [0.2, 0.25) is 11.8 Å². The molecular formula is C24H36Cl2N2O4. The first kappa shape index (κ1) is 28.2. The number of carbonyl (C=O) groups is 3. The Bertz CT molecular complexity index is 733. The molecule has 0 aliphatic rings. The second-order valence-electron chi connectivity index (χ2n) is 7.75. The van der Waals surface area contributed by atoms with Gasteiger partial charge in [-0.3, -0.25) is 14.4 Å². The van der Waals surface area contributed by atoms with E-state index in [1.54, 1.807) is 24.0 Å². The lowest BCUT2D eigenvalue weighted by molar-refractivity contribution is -0.144. The number of hydrogen-bond acceptors (Lipinski definition) is 4. The van der Waals surface area contributed by atoms with Crippen LogP contribution in [0.1, 0.15) is 72.1 Å². The minimum atomic E-state index is -0.989. The van der Waals surface area contributed by atoms with Crippen molar-refractivity contribution in [1.29, 1.82) is 0 Å². The van der Waals surface area contributed by atoms with Gasteiger partial charge in [-0.15, -0.1) is 0 Å². The highest BCUT2D eigenvalue weighted by Crippen LogP contribution is 2.26. The summed E-state index contributed by atoms with van der Waals surface area (Å²) in [5.74, 6) is -2.12. The number of benzene rings is 1. The van der Waals surface area contributed by atoms with Crippen LogP contribution >= 0.6 is 23.2 Å². The number of halogens is 2. The van der Waals surface area contributed by atoms with Crippen LogP contribution in [0.4, 0.5) is 5.69 Å². The van der Waals surface area contributed by atoms with Gasteiger partial charge in [0.05, 0.1) is 16.7 Å². The van der Waals surface area contributed by atoms with E-state index in [4.69, 9.17) is 27.9 Å². The summed E-state index contributed by atoms with van der Waals surface area (Å²) >= 11 is 12.0. The number of carbonyl (C=O) groups excluding carboxylic acids is 3. The van der Waals surface area contributed by atoms with Crippen molar-refractivity contribution in [2.75, 3.05) is 25.0 Å². The van der Waals surface area contributed by atoms with Crippen LogP contribution in [0, 0.1) is 5.92 Å². The molecule has 0 aromatic heterocycles. The number of rotatable bonds is 15. The highest BCUT2D eigenvalue weighted by molar-refractivity contribution is 6.42. The molecule has 1 aromatic carbocycles. The Morgan fingerprint density at radius 3 is 2.12 bits per heavy atom. The zero-order chi connectivity index (χ0) is 23.9. The van der Waals surface area contributed by atoms with Crippen molar-refractivity contribution in [2.24, 2.45) is 5.92 Å². The monoisotopic (exact) mass is 486 g/mol. The summed E-state index contributed by atoms with van der Waals surface area (Å²) < 4.78 is 4.99. The van der Waals surface area contributed by atoms with Gasteiger partial charge in [-0.25, -0.2) is 0 Å². The molecular weight excluding hydrogens is 451 g/mol. The van der Waals surface area contributed by atoms with Crippen LogP contribution in [0.3, 0.4) is 0 Å². The third kappa shape index (κ3) is 10.2. The molecule has 8 heteroatoms. The average molecular weight is 487 g/mol. The Balaban J connectivity index is 3.02. The van der Waals surface area contributed by atoms with E-state index in [1.165, 1.54) is 6.07 Å². The summed E-state index contributed by atoms with van der Waals surface area (Å²) in [6.45, 7) is 7.40. The van der Waals surface area contributed by atoms with E-state index < -0.39 is 17.8 Å². The maximum atomic E-state index is 13.4. The fourth-order valence-electron chi connectivity index (χ4n) is 3.32. The van der Waals surface area contributed by atoms with Crippen LogP contribution in [-0.2, 0) is 19.1 Å². The molecule has 0 saturated carbocycles. The van der Waals surface area contributed by atoms with Crippen LogP contribution in [-0.4, -0.2) is 42.4 Å². The molecule has 0 bridgehead atoms. The molecule has 0 aliphatic heterocycles. The molecule has 0 aliphatic carbocycles. The number of anilines is 1. The summed E-state index contributed by atoms with van der Waals surface area (Å²) in [5.41, 5.74) is 0.446. The molecule has 6 nitrogen and oxygen atoms in total. The molecule has 1 unspecified atom stereocenters. The van der Waals surface area contributed by atoms with Gasteiger partial charge in [-0.2, -0.15) is 0 Å². The SMILES string of the molecule is CCCCCN(CCCCC)C(=O)C(CCC(=O)OCC)C(=O)Nc1ccc(Cl)c(Cl)c1. The number of unbranched alkanes of at least 4 members (excludes halogenated alkanes) is 4. The predicted molar refractivity (Wildman–Crippen MR) is 130 cm³/mol. The van der Waals surface area contributed by atoms with Crippen LogP contribution in [0.15, 0.2) is 18.2 Å². The first-order valence-electron chi connectivity index (χ1n) is 11.5. The molecule has 1 atom stereocenters. The molecule has 0 fully saturated rings. The molecule has 180 valence electrons. The van der Waals surface area contributed by atoms with Gasteiger partial charge in [-0.05, 0) is 44.4 Å². The smallest absolute Gasteiger partial charge is 0.305 e. The van der Waals surface area contributed by atoms with Crippen molar-refractivity contribution in [2.45, 2.75) is 72.1 Å². The quantitative estimate of drug-likeness (QED) is 0.184. The Morgan fingerprint density at radius 1 is 0.969 bits per heavy atom. The number of esters is 1. The molecule has 0 radical (unpaired) electrons. The Kier molecular flexibility index (Phi) is 14.1. The average Bonchev–Trinajstić information content (AvgIpc) is 2.75. The van der Waals surface area contributed by atoms with Crippen molar-refractivity contribution in [3.05, 3.63) is 28.2 Å². The maximum Gasteiger partial charge on any atom is 0.305 e. The summed E-state index contributed by atoms with van der Waals surface area (Å²) in [6, 6.07) is 4.74. The summed E-state index contributed by atoms with van der Waals surface area (Å²) in [7, 11) is 0. The summed E-state index contributed by atoms with van der Waals surface area (Å²) in [6.07, 6.45) is 5.96. The van der Waals surface area contributed by atoms with E-state index >= 15 is 0 Å². The zero-order valence-corrected chi connectivity index (χ0v) is 20.9. The van der Waals surface area contributed by atoms with Gasteiger partial charge >= 0.3 is 5.97 Å². The second-order valence-corrected chi connectivity index (χ2v) is 8.57. The predicted octanol–water partition coefficient (Wildman–Crippen LogP) is 6.10. The van der Waals surface area contributed by atoms with Gasteiger partial charge in [0.25, 0.3) is 0 Å². The van der Waals surface area contributed by atoms with Gasteiger partial charge in [0.15, 0.2) is 0 Å². The standard InChI is InChI=1S/C24H36Cl2N2O4/c1-4-7-9-15-28(16-10-8-5-2)24(31)19(12-14-22(29)32-6-3)23(30)27-18-11-13-20(25)21(26)17-18/h11,13,17,19H,4-10,12,14-16H2,1-3H3,(H,27,30). The van der Waals surface area contributed by atoms with Crippen LogP contribution in [0.2, 0.25) is 10.0 Å². The van der Waals surface area contributed by atoms with E-state index in [1.807, 2.05) is 0 Å². The fourth-order valence-corrected chi connectivity index (χ4v) is 3.62. The lowest BCUT2D eigenvalue weighted by Crippen LogP contribution is -2.42. The number of amides is 2. The van der Waals surface area contributed by atoms with E-state index in [0.717, 1.165) is 38.5 Å². The molecule has 32 heavy (non-hydrogen) atoms. The lowest BCUT2D eigenvalue weighted by atomic mass is 9.99. The minimum absolute atomic E-state index is 0.00317. The highest BCUT2D eigenvalue weighted by Gasteiger charge is 2.31. The lowest BCUT2D eigenvalue weighted by Gasteiger charge is -2.27. The van der Waals surface area contributed by atoms with Crippen LogP contribution in [0.25, 0.3) is 0 Å². The van der Waals surface area contributed by atoms with E-state index in [-0.39, 0.29) is 25.4 Å².